The van der Waals surface area contributed by atoms with Crippen molar-refractivity contribution in [3.8, 4) is 12.0 Å². The van der Waals surface area contributed by atoms with Gasteiger partial charge in [-0.3, -0.25) is 0 Å². The van der Waals surface area contributed by atoms with E-state index in [2.05, 4.69) is 36.9 Å². The third-order valence-electron chi connectivity index (χ3n) is 1.42. The SMILES string of the molecule is CC#CN=C(C)/C(C)=C/CC. The number of hydrogen-bond acceptors (Lipinski definition) is 1. The van der Waals surface area contributed by atoms with Gasteiger partial charge in [0.2, 0.25) is 0 Å². The van der Waals surface area contributed by atoms with E-state index >= 15 is 0 Å². The molecule has 0 unspecified atom stereocenters. The predicted molar refractivity (Wildman–Crippen MR) is 50.6 cm³/mol. The van der Waals surface area contributed by atoms with E-state index in [0.717, 1.165) is 12.1 Å². The second-order valence-electron chi connectivity index (χ2n) is 2.35. The van der Waals surface area contributed by atoms with Gasteiger partial charge in [-0.2, -0.15) is 0 Å². The minimum atomic E-state index is 1.02. The minimum absolute atomic E-state index is 1.02. The molecule has 0 saturated carbocycles. The molecule has 0 heterocycles. The van der Waals surface area contributed by atoms with Gasteiger partial charge in [0.1, 0.15) is 0 Å². The van der Waals surface area contributed by atoms with Crippen molar-refractivity contribution in [3.05, 3.63) is 11.6 Å². The molecule has 1 nitrogen and oxygen atoms in total. The van der Waals surface area contributed by atoms with Gasteiger partial charge in [-0.1, -0.05) is 18.9 Å². The van der Waals surface area contributed by atoms with E-state index in [4.69, 9.17) is 0 Å². The lowest BCUT2D eigenvalue weighted by molar-refractivity contribution is 1.20. The molecule has 0 aromatic heterocycles. The quantitative estimate of drug-likeness (QED) is 0.423. The molecule has 0 amide bonds. The summed E-state index contributed by atoms with van der Waals surface area (Å²) in [6.07, 6.45) is 3.20. The van der Waals surface area contributed by atoms with Crippen molar-refractivity contribution in [2.45, 2.75) is 34.1 Å². The molecule has 0 rings (SSSR count). The summed E-state index contributed by atoms with van der Waals surface area (Å²) in [4.78, 5) is 4.05. The van der Waals surface area contributed by atoms with Gasteiger partial charge in [-0.05, 0) is 32.8 Å². The lowest BCUT2D eigenvalue weighted by Crippen LogP contribution is -1.91. The Hall–Kier alpha value is -1.03. The third kappa shape index (κ3) is 4.38. The van der Waals surface area contributed by atoms with Crippen LogP contribution in [0, 0.1) is 12.0 Å². The highest BCUT2D eigenvalue weighted by molar-refractivity contribution is 5.98. The normalized spacial score (nSPS) is 12.4. The fourth-order valence-electron chi connectivity index (χ4n) is 0.682. The van der Waals surface area contributed by atoms with E-state index in [1.165, 1.54) is 5.57 Å². The van der Waals surface area contributed by atoms with E-state index in [0.29, 0.717) is 0 Å². The van der Waals surface area contributed by atoms with Crippen LogP contribution in [0.25, 0.3) is 0 Å². The Morgan fingerprint density at radius 2 is 2.09 bits per heavy atom. The zero-order valence-electron chi connectivity index (χ0n) is 7.73. The van der Waals surface area contributed by atoms with Gasteiger partial charge >= 0.3 is 0 Å². The van der Waals surface area contributed by atoms with Gasteiger partial charge in [0.05, 0.1) is 5.71 Å². The van der Waals surface area contributed by atoms with Crippen LogP contribution in [0.5, 0.6) is 0 Å². The van der Waals surface area contributed by atoms with Crippen LogP contribution < -0.4 is 0 Å². The highest BCUT2D eigenvalue weighted by Crippen LogP contribution is 1.97. The summed E-state index contributed by atoms with van der Waals surface area (Å²) in [6, 6.07) is 2.68. The van der Waals surface area contributed by atoms with Crippen LogP contribution in [-0.4, -0.2) is 5.71 Å². The fraction of sp³-hybridized carbons (Fsp3) is 0.500. The molecule has 0 bridgehead atoms. The number of allylic oxidation sites excluding steroid dienone is 2. The first-order chi connectivity index (χ1) is 5.22. The zero-order valence-corrected chi connectivity index (χ0v) is 7.73. The van der Waals surface area contributed by atoms with E-state index in [1.807, 2.05) is 6.92 Å². The van der Waals surface area contributed by atoms with E-state index in [-0.39, 0.29) is 0 Å². The van der Waals surface area contributed by atoms with Crippen molar-refractivity contribution in [2.75, 3.05) is 0 Å². The molecular formula is C10H15N. The molecule has 0 aliphatic heterocycles. The van der Waals surface area contributed by atoms with Gasteiger partial charge in [0.15, 0.2) is 0 Å². The summed E-state index contributed by atoms with van der Waals surface area (Å²) >= 11 is 0. The Balaban J connectivity index is 4.30. The maximum Gasteiger partial charge on any atom is 0.0505 e. The van der Waals surface area contributed by atoms with Crippen LogP contribution in [0.4, 0.5) is 0 Å². The standard InChI is InChI=1S/C10H15N/c1-5-7-9(3)10(4)11-8-6-2/h7H,5H2,1-4H3/b9-7+,11-10?. The largest absolute Gasteiger partial charge is 0.202 e. The Morgan fingerprint density at radius 1 is 1.45 bits per heavy atom. The van der Waals surface area contributed by atoms with Crippen LogP contribution in [0.15, 0.2) is 16.6 Å². The molecule has 0 aromatic carbocycles. The van der Waals surface area contributed by atoms with Crippen LogP contribution >= 0.6 is 0 Å². The Labute approximate surface area is 69.2 Å². The molecular weight excluding hydrogens is 134 g/mol. The molecule has 0 aromatic rings. The molecule has 0 spiro atoms. The number of rotatable bonds is 2. The molecule has 0 N–H and O–H groups in total. The minimum Gasteiger partial charge on any atom is -0.202 e. The smallest absolute Gasteiger partial charge is 0.0505 e. The molecule has 0 aliphatic carbocycles. The first kappa shape index (κ1) is 9.97. The lowest BCUT2D eigenvalue weighted by Gasteiger charge is -1.95. The molecule has 0 atom stereocenters. The monoisotopic (exact) mass is 149 g/mol. The van der Waals surface area contributed by atoms with Crippen molar-refractivity contribution in [1.29, 1.82) is 0 Å². The van der Waals surface area contributed by atoms with Crippen LogP contribution in [-0.2, 0) is 0 Å². The maximum absolute atomic E-state index is 4.05. The van der Waals surface area contributed by atoms with Crippen LogP contribution in [0.1, 0.15) is 34.1 Å². The second-order valence-corrected chi connectivity index (χ2v) is 2.35. The number of nitrogens with zero attached hydrogens (tertiary/aromatic N) is 1. The molecule has 0 fully saturated rings. The summed E-state index contributed by atoms with van der Waals surface area (Å²) < 4.78 is 0. The first-order valence-corrected chi connectivity index (χ1v) is 3.85. The maximum atomic E-state index is 4.05. The first-order valence-electron chi connectivity index (χ1n) is 3.85. The molecule has 60 valence electrons. The third-order valence-corrected chi connectivity index (χ3v) is 1.42. The van der Waals surface area contributed by atoms with E-state index in [1.54, 1.807) is 6.92 Å². The summed E-state index contributed by atoms with van der Waals surface area (Å²) in [5.74, 6) is 2.73. The van der Waals surface area contributed by atoms with E-state index < -0.39 is 0 Å². The molecule has 0 radical (unpaired) electrons. The van der Waals surface area contributed by atoms with Crippen molar-refractivity contribution >= 4 is 5.71 Å². The van der Waals surface area contributed by atoms with Crippen LogP contribution in [0.2, 0.25) is 0 Å². The number of hydrogen-bond donors (Lipinski definition) is 0. The van der Waals surface area contributed by atoms with Gasteiger partial charge in [0, 0.05) is 6.04 Å². The predicted octanol–water partition coefficient (Wildman–Crippen LogP) is 2.78. The fourth-order valence-corrected chi connectivity index (χ4v) is 0.682. The van der Waals surface area contributed by atoms with Gasteiger partial charge in [-0.15, -0.1) is 0 Å². The summed E-state index contributed by atoms with van der Waals surface area (Å²) in [6.45, 7) is 7.93. The summed E-state index contributed by atoms with van der Waals surface area (Å²) in [5.41, 5.74) is 2.23. The summed E-state index contributed by atoms with van der Waals surface area (Å²) in [5, 5.41) is 0. The highest BCUT2D eigenvalue weighted by Gasteiger charge is 1.90. The molecule has 1 heteroatoms. The van der Waals surface area contributed by atoms with Gasteiger partial charge < -0.3 is 0 Å². The van der Waals surface area contributed by atoms with Crippen molar-refractivity contribution in [2.24, 2.45) is 4.99 Å². The van der Waals surface area contributed by atoms with Gasteiger partial charge in [-0.25, -0.2) is 4.99 Å². The zero-order chi connectivity index (χ0) is 8.69. The highest BCUT2D eigenvalue weighted by atomic mass is 14.7. The average Bonchev–Trinajstić information content (AvgIpc) is 2.00. The van der Waals surface area contributed by atoms with Crippen LogP contribution in [0.3, 0.4) is 0 Å². The molecule has 11 heavy (non-hydrogen) atoms. The van der Waals surface area contributed by atoms with E-state index in [9.17, 15) is 0 Å². The molecule has 0 saturated heterocycles. The topological polar surface area (TPSA) is 12.4 Å². The average molecular weight is 149 g/mol. The van der Waals surface area contributed by atoms with Crippen molar-refractivity contribution in [3.63, 3.8) is 0 Å². The van der Waals surface area contributed by atoms with Crippen molar-refractivity contribution in [1.82, 2.24) is 0 Å². The Bertz CT molecular complexity index is 223. The summed E-state index contributed by atoms with van der Waals surface area (Å²) in [7, 11) is 0. The Morgan fingerprint density at radius 3 is 2.55 bits per heavy atom. The molecule has 0 aliphatic rings. The Kier molecular flexibility index (Phi) is 5.20. The van der Waals surface area contributed by atoms with Gasteiger partial charge in [0.25, 0.3) is 0 Å². The van der Waals surface area contributed by atoms with Crippen molar-refractivity contribution < 1.29 is 0 Å². The number of aliphatic imine (C=N–C) groups is 1. The lowest BCUT2D eigenvalue weighted by atomic mass is 10.2. The second kappa shape index (κ2) is 5.73.